The van der Waals surface area contributed by atoms with Crippen LogP contribution in [-0.4, -0.2) is 11.9 Å². The highest BCUT2D eigenvalue weighted by atomic mass is 16.6. The van der Waals surface area contributed by atoms with E-state index in [0.29, 0.717) is 12.8 Å². The molecule has 0 amide bonds. The molecule has 0 aromatic carbocycles. The van der Waals surface area contributed by atoms with E-state index in [1.54, 1.807) is 0 Å². The van der Waals surface area contributed by atoms with Gasteiger partial charge in [0, 0.05) is 6.42 Å². The zero-order valence-electron chi connectivity index (χ0n) is 10.2. The molecule has 3 heteroatoms. The van der Waals surface area contributed by atoms with E-state index in [1.165, 1.54) is 32.1 Å². The Balaban J connectivity index is 2.04. The molecular formula is C13H22O3. The molecule has 1 saturated heterocycles. The van der Waals surface area contributed by atoms with Crippen molar-refractivity contribution in [3.8, 4) is 0 Å². The van der Waals surface area contributed by atoms with Crippen LogP contribution in [0.2, 0.25) is 0 Å². The molecule has 1 rings (SSSR count). The number of carbonyl (C=O) groups excluding carboxylic acids is 2. The first-order valence-electron chi connectivity index (χ1n) is 6.48. The fourth-order valence-electron chi connectivity index (χ4n) is 2.09. The van der Waals surface area contributed by atoms with Crippen LogP contribution in [0.15, 0.2) is 0 Å². The van der Waals surface area contributed by atoms with Crippen LogP contribution >= 0.6 is 0 Å². The van der Waals surface area contributed by atoms with E-state index < -0.39 is 0 Å². The highest BCUT2D eigenvalue weighted by molar-refractivity contribution is 5.89. The third-order valence-corrected chi connectivity index (χ3v) is 3.15. The van der Waals surface area contributed by atoms with Crippen molar-refractivity contribution in [2.24, 2.45) is 5.92 Å². The Labute approximate surface area is 97.5 Å². The van der Waals surface area contributed by atoms with Crippen LogP contribution in [0.4, 0.5) is 0 Å². The second-order valence-electron chi connectivity index (χ2n) is 4.59. The molecule has 0 radical (unpaired) electrons. The van der Waals surface area contributed by atoms with Crippen molar-refractivity contribution in [1.82, 2.24) is 0 Å². The van der Waals surface area contributed by atoms with Gasteiger partial charge in [-0.15, -0.1) is 0 Å². The van der Waals surface area contributed by atoms with Gasteiger partial charge in [0.05, 0.1) is 5.92 Å². The van der Waals surface area contributed by atoms with Crippen LogP contribution in [-0.2, 0) is 14.3 Å². The summed E-state index contributed by atoms with van der Waals surface area (Å²) < 4.78 is 4.62. The molecule has 92 valence electrons. The summed E-state index contributed by atoms with van der Waals surface area (Å²) in [7, 11) is 0. The van der Waals surface area contributed by atoms with Crippen molar-refractivity contribution in [2.75, 3.05) is 0 Å². The van der Waals surface area contributed by atoms with Gasteiger partial charge in [0.25, 0.3) is 0 Å². The van der Waals surface area contributed by atoms with Gasteiger partial charge in [-0.3, -0.25) is 9.59 Å². The number of unbranched alkanes of at least 4 members (excludes halogenated alkanes) is 5. The van der Waals surface area contributed by atoms with Crippen molar-refractivity contribution in [3.05, 3.63) is 0 Å². The molecule has 1 atom stereocenters. The molecule has 1 heterocycles. The van der Waals surface area contributed by atoms with Crippen molar-refractivity contribution in [1.29, 1.82) is 0 Å². The summed E-state index contributed by atoms with van der Waals surface area (Å²) >= 11 is 0. The first kappa shape index (κ1) is 13.2. The molecule has 1 unspecified atom stereocenters. The van der Waals surface area contributed by atoms with Crippen LogP contribution in [0.25, 0.3) is 0 Å². The number of rotatable bonds is 7. The number of carbonyl (C=O) groups is 2. The fourth-order valence-corrected chi connectivity index (χ4v) is 2.09. The van der Waals surface area contributed by atoms with Crippen molar-refractivity contribution in [2.45, 2.75) is 64.7 Å². The predicted molar refractivity (Wildman–Crippen MR) is 61.8 cm³/mol. The van der Waals surface area contributed by atoms with E-state index in [0.717, 1.165) is 12.8 Å². The molecule has 0 aromatic rings. The van der Waals surface area contributed by atoms with Gasteiger partial charge >= 0.3 is 11.9 Å². The largest absolute Gasteiger partial charge is 0.393 e. The molecular weight excluding hydrogens is 204 g/mol. The maximum atomic E-state index is 11.3. The lowest BCUT2D eigenvalue weighted by atomic mass is 9.94. The summed E-state index contributed by atoms with van der Waals surface area (Å²) in [5, 5.41) is 0. The summed E-state index contributed by atoms with van der Waals surface area (Å²) in [5.41, 5.74) is 0. The minimum absolute atomic E-state index is 0.0242. The molecule has 0 N–H and O–H groups in total. The Morgan fingerprint density at radius 3 is 2.50 bits per heavy atom. The van der Waals surface area contributed by atoms with Gasteiger partial charge in [0.2, 0.25) is 0 Å². The second kappa shape index (κ2) is 7.42. The number of esters is 2. The normalized spacial score (nSPS) is 20.9. The van der Waals surface area contributed by atoms with E-state index >= 15 is 0 Å². The Morgan fingerprint density at radius 1 is 1.12 bits per heavy atom. The molecule has 1 fully saturated rings. The third-order valence-electron chi connectivity index (χ3n) is 3.15. The number of hydrogen-bond donors (Lipinski definition) is 0. The summed E-state index contributed by atoms with van der Waals surface area (Å²) in [4.78, 5) is 22.2. The van der Waals surface area contributed by atoms with Crippen LogP contribution < -0.4 is 0 Å². The maximum Gasteiger partial charge on any atom is 0.316 e. The molecule has 16 heavy (non-hydrogen) atoms. The number of ether oxygens (including phenoxy) is 1. The summed E-state index contributed by atoms with van der Waals surface area (Å²) in [6.07, 6.45) is 9.38. The molecule has 0 saturated carbocycles. The Kier molecular flexibility index (Phi) is 6.12. The van der Waals surface area contributed by atoms with Gasteiger partial charge < -0.3 is 4.74 Å². The van der Waals surface area contributed by atoms with Gasteiger partial charge in [-0.25, -0.2) is 0 Å². The van der Waals surface area contributed by atoms with E-state index in [4.69, 9.17) is 0 Å². The van der Waals surface area contributed by atoms with Crippen LogP contribution in [0.3, 0.4) is 0 Å². The van der Waals surface area contributed by atoms with E-state index in [9.17, 15) is 9.59 Å². The Bertz CT molecular complexity index is 235. The third kappa shape index (κ3) is 4.77. The van der Waals surface area contributed by atoms with Crippen LogP contribution in [0.5, 0.6) is 0 Å². The van der Waals surface area contributed by atoms with Crippen molar-refractivity contribution in [3.63, 3.8) is 0 Å². The smallest absolute Gasteiger partial charge is 0.316 e. The lowest BCUT2D eigenvalue weighted by Gasteiger charge is -2.18. The van der Waals surface area contributed by atoms with Gasteiger partial charge in [-0.1, -0.05) is 45.4 Å². The van der Waals surface area contributed by atoms with Gasteiger partial charge in [0.15, 0.2) is 0 Å². The SMILES string of the molecule is CCCCCCCCC1CCC(=O)OC1=O. The molecule has 1 aliphatic rings. The molecule has 0 spiro atoms. The molecule has 0 bridgehead atoms. The lowest BCUT2D eigenvalue weighted by Crippen LogP contribution is -2.27. The Morgan fingerprint density at radius 2 is 1.81 bits per heavy atom. The van der Waals surface area contributed by atoms with Gasteiger partial charge in [0.1, 0.15) is 0 Å². The maximum absolute atomic E-state index is 11.3. The number of hydrogen-bond acceptors (Lipinski definition) is 3. The zero-order valence-corrected chi connectivity index (χ0v) is 10.2. The molecule has 3 nitrogen and oxygen atoms in total. The van der Waals surface area contributed by atoms with Crippen molar-refractivity contribution >= 4 is 11.9 Å². The molecule has 1 aliphatic heterocycles. The first-order chi connectivity index (χ1) is 7.74. The molecule has 0 aromatic heterocycles. The van der Waals surface area contributed by atoms with E-state index in [-0.39, 0.29) is 17.9 Å². The van der Waals surface area contributed by atoms with Crippen LogP contribution in [0, 0.1) is 5.92 Å². The lowest BCUT2D eigenvalue weighted by molar-refractivity contribution is -0.167. The highest BCUT2D eigenvalue weighted by Crippen LogP contribution is 2.22. The average molecular weight is 226 g/mol. The fraction of sp³-hybridized carbons (Fsp3) is 0.846. The second-order valence-corrected chi connectivity index (χ2v) is 4.59. The number of cyclic esters (lactones) is 2. The summed E-state index contributed by atoms with van der Waals surface area (Å²) in [5.74, 6) is -0.683. The zero-order chi connectivity index (χ0) is 11.8. The van der Waals surface area contributed by atoms with Crippen molar-refractivity contribution < 1.29 is 14.3 Å². The standard InChI is InChI=1S/C13H22O3/c1-2-3-4-5-6-7-8-11-9-10-12(14)16-13(11)15/h11H,2-10H2,1H3. The summed E-state index contributed by atoms with van der Waals surface area (Å²) in [6, 6.07) is 0. The summed E-state index contributed by atoms with van der Waals surface area (Å²) in [6.45, 7) is 2.20. The average Bonchev–Trinajstić information content (AvgIpc) is 2.26. The topological polar surface area (TPSA) is 43.4 Å². The predicted octanol–water partition coefficient (Wildman–Crippen LogP) is 3.22. The van der Waals surface area contributed by atoms with E-state index in [1.807, 2.05) is 0 Å². The highest BCUT2D eigenvalue weighted by Gasteiger charge is 2.28. The molecule has 0 aliphatic carbocycles. The minimum atomic E-state index is -0.357. The minimum Gasteiger partial charge on any atom is -0.393 e. The van der Waals surface area contributed by atoms with E-state index in [2.05, 4.69) is 11.7 Å². The van der Waals surface area contributed by atoms with Gasteiger partial charge in [-0.2, -0.15) is 0 Å². The van der Waals surface area contributed by atoms with Crippen LogP contribution in [0.1, 0.15) is 64.7 Å². The quantitative estimate of drug-likeness (QED) is 0.380. The van der Waals surface area contributed by atoms with Gasteiger partial charge in [-0.05, 0) is 12.8 Å². The first-order valence-corrected chi connectivity index (χ1v) is 6.48. The Hall–Kier alpha value is -0.860. The monoisotopic (exact) mass is 226 g/mol.